The Bertz CT molecular complexity index is 2450. The summed E-state index contributed by atoms with van der Waals surface area (Å²) in [6.07, 6.45) is 1.90. The van der Waals surface area contributed by atoms with Gasteiger partial charge < -0.3 is 4.57 Å². The molecule has 0 fully saturated rings. The molecule has 0 aliphatic rings. The summed E-state index contributed by atoms with van der Waals surface area (Å²) in [6.45, 7) is 0. The van der Waals surface area contributed by atoms with Crippen LogP contribution in [0.5, 0.6) is 0 Å². The predicted octanol–water partition coefficient (Wildman–Crippen LogP) is 11.5. The molecule has 2 heterocycles. The van der Waals surface area contributed by atoms with Gasteiger partial charge in [-0.25, -0.2) is 0 Å². The Hall–Kier alpha value is -5.99. The van der Waals surface area contributed by atoms with Gasteiger partial charge in [0.15, 0.2) is 0 Å². The minimum Gasteiger partial charge on any atom is -0.309 e. The van der Waals surface area contributed by atoms with E-state index in [1.807, 2.05) is 6.20 Å². The lowest BCUT2D eigenvalue weighted by atomic mass is 9.93. The third-order valence-corrected chi connectivity index (χ3v) is 8.98. The van der Waals surface area contributed by atoms with E-state index in [1.54, 1.807) is 0 Å². The summed E-state index contributed by atoms with van der Waals surface area (Å²) in [5.41, 5.74) is 11.8. The molecule has 2 heteroatoms. The molecule has 0 aliphatic carbocycles. The molecule has 0 N–H and O–H groups in total. The molecule has 2 aromatic heterocycles. The molecule has 9 aromatic rings. The van der Waals surface area contributed by atoms with Crippen LogP contribution in [0.4, 0.5) is 0 Å². The third kappa shape index (κ3) is 4.15. The Balaban J connectivity index is 1.39. The van der Waals surface area contributed by atoms with Crippen molar-refractivity contribution in [2.75, 3.05) is 0 Å². The van der Waals surface area contributed by atoms with Gasteiger partial charge in [0.25, 0.3) is 0 Å². The van der Waals surface area contributed by atoms with Crippen LogP contribution in [0.15, 0.2) is 170 Å². The number of hydrogen-bond donors (Lipinski definition) is 0. The molecule has 0 radical (unpaired) electrons. The van der Waals surface area contributed by atoms with E-state index in [0.717, 1.165) is 16.6 Å². The Morgan fingerprint density at radius 3 is 1.60 bits per heavy atom. The van der Waals surface area contributed by atoms with Crippen LogP contribution in [-0.2, 0) is 0 Å². The molecule has 0 bridgehead atoms. The number of rotatable bonds is 4. The largest absolute Gasteiger partial charge is 0.309 e. The van der Waals surface area contributed by atoms with Gasteiger partial charge in [-0.05, 0) is 87.3 Å². The fraction of sp³-hybridized carbons (Fsp3) is 0. The van der Waals surface area contributed by atoms with Crippen LogP contribution in [0, 0.1) is 0 Å². The molecule has 210 valence electrons. The van der Waals surface area contributed by atoms with Crippen LogP contribution in [0.25, 0.3) is 82.5 Å². The third-order valence-electron chi connectivity index (χ3n) is 8.98. The van der Waals surface area contributed by atoms with Crippen molar-refractivity contribution in [2.24, 2.45) is 0 Å². The van der Waals surface area contributed by atoms with Gasteiger partial charge in [-0.2, -0.15) is 0 Å². The Kier molecular flexibility index (Phi) is 5.85. The number of aromatic nitrogens is 2. The molecular weight excluding hydrogens is 544 g/mol. The zero-order chi connectivity index (χ0) is 29.7. The fourth-order valence-electron chi connectivity index (χ4n) is 6.95. The molecule has 0 atom stereocenters. The molecule has 0 aliphatic heterocycles. The summed E-state index contributed by atoms with van der Waals surface area (Å²) in [4.78, 5) is 4.89. The monoisotopic (exact) mass is 572 g/mol. The minimum atomic E-state index is 1.03. The van der Waals surface area contributed by atoms with Gasteiger partial charge in [0, 0.05) is 33.4 Å². The average molecular weight is 573 g/mol. The lowest BCUT2D eigenvalue weighted by Crippen LogP contribution is -1.95. The summed E-state index contributed by atoms with van der Waals surface area (Å²) in [6, 6.07) is 59.0. The second-order valence-electron chi connectivity index (χ2n) is 11.6. The van der Waals surface area contributed by atoms with Crippen molar-refractivity contribution in [1.82, 2.24) is 9.55 Å². The van der Waals surface area contributed by atoms with E-state index < -0.39 is 0 Å². The van der Waals surface area contributed by atoms with E-state index in [0.29, 0.717) is 0 Å². The van der Waals surface area contributed by atoms with Crippen molar-refractivity contribution >= 4 is 43.5 Å². The van der Waals surface area contributed by atoms with Crippen LogP contribution in [0.2, 0.25) is 0 Å². The molecular formula is C43H28N2. The second kappa shape index (κ2) is 10.3. The van der Waals surface area contributed by atoms with E-state index >= 15 is 0 Å². The van der Waals surface area contributed by atoms with E-state index in [-0.39, 0.29) is 0 Å². The minimum absolute atomic E-state index is 1.03. The van der Waals surface area contributed by atoms with Crippen molar-refractivity contribution in [3.63, 3.8) is 0 Å². The average Bonchev–Trinajstić information content (AvgIpc) is 3.48. The summed E-state index contributed by atoms with van der Waals surface area (Å²) < 4.78 is 2.43. The number of benzene rings is 7. The Morgan fingerprint density at radius 2 is 0.933 bits per heavy atom. The predicted molar refractivity (Wildman–Crippen MR) is 190 cm³/mol. The van der Waals surface area contributed by atoms with Crippen molar-refractivity contribution in [2.45, 2.75) is 0 Å². The maximum atomic E-state index is 4.89. The van der Waals surface area contributed by atoms with Crippen molar-refractivity contribution in [3.05, 3.63) is 170 Å². The maximum absolute atomic E-state index is 4.89. The molecule has 0 saturated carbocycles. The van der Waals surface area contributed by atoms with Crippen molar-refractivity contribution < 1.29 is 0 Å². The highest BCUT2D eigenvalue weighted by atomic mass is 15.0. The van der Waals surface area contributed by atoms with Gasteiger partial charge in [0.05, 0.1) is 16.6 Å². The van der Waals surface area contributed by atoms with Crippen molar-refractivity contribution in [3.8, 4) is 39.1 Å². The Labute approximate surface area is 261 Å². The summed E-state index contributed by atoms with van der Waals surface area (Å²) in [7, 11) is 0. The lowest BCUT2D eigenvalue weighted by Gasteiger charge is -2.13. The van der Waals surface area contributed by atoms with E-state index in [9.17, 15) is 0 Å². The second-order valence-corrected chi connectivity index (χ2v) is 11.6. The van der Waals surface area contributed by atoms with Crippen LogP contribution < -0.4 is 0 Å². The smallest absolute Gasteiger partial charge is 0.0801 e. The number of fused-ring (bicyclic) bond motifs is 8. The van der Waals surface area contributed by atoms with Crippen LogP contribution >= 0.6 is 0 Å². The van der Waals surface area contributed by atoms with Gasteiger partial charge in [0.1, 0.15) is 0 Å². The van der Waals surface area contributed by atoms with Gasteiger partial charge in [0.2, 0.25) is 0 Å². The molecule has 0 saturated heterocycles. The SMILES string of the molecule is c1ccc(-c2cc(-c3ccccc3)cc(-c3ccc4c5c6ccccc6c6ncccc6c5n(-c5ccccc5)c4c3)c2)cc1. The Morgan fingerprint density at radius 1 is 0.378 bits per heavy atom. The molecule has 0 spiro atoms. The highest BCUT2D eigenvalue weighted by molar-refractivity contribution is 6.31. The molecule has 7 aromatic carbocycles. The summed E-state index contributed by atoms with van der Waals surface area (Å²) in [5, 5.41) is 6.07. The molecule has 2 nitrogen and oxygen atoms in total. The van der Waals surface area contributed by atoms with E-state index in [4.69, 9.17) is 4.98 Å². The quantitative estimate of drug-likeness (QED) is 0.192. The normalized spacial score (nSPS) is 11.6. The van der Waals surface area contributed by atoms with Crippen LogP contribution in [0.1, 0.15) is 0 Å². The first kappa shape index (κ1) is 25.5. The maximum Gasteiger partial charge on any atom is 0.0801 e. The lowest BCUT2D eigenvalue weighted by molar-refractivity contribution is 1.19. The highest BCUT2D eigenvalue weighted by Gasteiger charge is 2.20. The summed E-state index contributed by atoms with van der Waals surface area (Å²) >= 11 is 0. The molecule has 0 unspecified atom stereocenters. The first-order chi connectivity index (χ1) is 22.3. The zero-order valence-electron chi connectivity index (χ0n) is 24.6. The molecule has 9 rings (SSSR count). The van der Waals surface area contributed by atoms with Gasteiger partial charge in [-0.3, -0.25) is 4.98 Å². The van der Waals surface area contributed by atoms with E-state index in [1.165, 1.54) is 66.0 Å². The van der Waals surface area contributed by atoms with Gasteiger partial charge in [-0.15, -0.1) is 0 Å². The van der Waals surface area contributed by atoms with Crippen LogP contribution in [0.3, 0.4) is 0 Å². The number of hydrogen-bond acceptors (Lipinski definition) is 1. The highest BCUT2D eigenvalue weighted by Crippen LogP contribution is 2.43. The molecule has 45 heavy (non-hydrogen) atoms. The van der Waals surface area contributed by atoms with E-state index in [2.05, 4.69) is 168 Å². The number of pyridine rings is 1. The van der Waals surface area contributed by atoms with Crippen LogP contribution in [-0.4, -0.2) is 9.55 Å². The first-order valence-electron chi connectivity index (χ1n) is 15.4. The zero-order valence-corrected chi connectivity index (χ0v) is 24.6. The first-order valence-corrected chi connectivity index (χ1v) is 15.4. The number of para-hydroxylation sites is 1. The standard InChI is InChI=1S/C43H28N2/c1-4-13-29(14-5-1)32-25-33(30-15-6-2-7-16-30)27-34(26-32)31-22-23-38-40(28-31)45(35-17-8-3-9-18-35)43-39-21-12-24-44-42(39)37-20-11-10-19-36(37)41(38)43/h1-28H. The van der Waals surface area contributed by atoms with Gasteiger partial charge in [-0.1, -0.05) is 115 Å². The van der Waals surface area contributed by atoms with Crippen molar-refractivity contribution in [1.29, 1.82) is 0 Å². The number of nitrogens with zero attached hydrogens (tertiary/aromatic N) is 2. The topological polar surface area (TPSA) is 17.8 Å². The fourth-order valence-corrected chi connectivity index (χ4v) is 6.95. The molecule has 0 amide bonds. The summed E-state index contributed by atoms with van der Waals surface area (Å²) in [5.74, 6) is 0. The van der Waals surface area contributed by atoms with Gasteiger partial charge >= 0.3 is 0 Å².